The van der Waals surface area contributed by atoms with E-state index in [-0.39, 0.29) is 5.92 Å². The highest BCUT2D eigenvalue weighted by molar-refractivity contribution is 6.30. The Morgan fingerprint density at radius 3 is 2.53 bits per heavy atom. The zero-order valence-electron chi connectivity index (χ0n) is 20.6. The van der Waals surface area contributed by atoms with Crippen molar-refractivity contribution in [2.24, 2.45) is 0 Å². The van der Waals surface area contributed by atoms with Gasteiger partial charge in [-0.25, -0.2) is 14.5 Å². The van der Waals surface area contributed by atoms with Crippen LogP contribution in [0.1, 0.15) is 22.6 Å². The molecule has 186 valence electrons. The van der Waals surface area contributed by atoms with Crippen LogP contribution in [0.4, 0.5) is 0 Å². The number of benzene rings is 4. The number of hydrogen-bond donors (Lipinski definition) is 0. The maximum absolute atomic E-state index is 6.52. The van der Waals surface area contributed by atoms with E-state index in [4.69, 9.17) is 35.9 Å². The zero-order chi connectivity index (χ0) is 25.8. The summed E-state index contributed by atoms with van der Waals surface area (Å²) in [6, 6.07) is 25.8. The van der Waals surface area contributed by atoms with E-state index in [1.54, 1.807) is 25.1 Å². The van der Waals surface area contributed by atoms with E-state index in [2.05, 4.69) is 29.2 Å². The lowest BCUT2D eigenvalue weighted by atomic mass is 9.82. The normalized spacial score (nSPS) is 14.1. The number of aromatic nitrogens is 4. The predicted molar refractivity (Wildman–Crippen MR) is 146 cm³/mol. The summed E-state index contributed by atoms with van der Waals surface area (Å²) in [5.74, 6) is 2.92. The molecule has 0 unspecified atom stereocenters. The van der Waals surface area contributed by atoms with Crippen molar-refractivity contribution < 1.29 is 14.2 Å². The Kier molecular flexibility index (Phi) is 5.19. The summed E-state index contributed by atoms with van der Waals surface area (Å²) in [4.78, 5) is 9.63. The molecule has 0 fully saturated rings. The van der Waals surface area contributed by atoms with Gasteiger partial charge in [0.2, 0.25) is 5.88 Å². The van der Waals surface area contributed by atoms with E-state index in [1.165, 1.54) is 0 Å². The maximum atomic E-state index is 6.52. The van der Waals surface area contributed by atoms with Gasteiger partial charge in [0.15, 0.2) is 23.0 Å². The first kappa shape index (κ1) is 22.6. The van der Waals surface area contributed by atoms with Crippen molar-refractivity contribution in [1.82, 2.24) is 19.6 Å². The van der Waals surface area contributed by atoms with Crippen molar-refractivity contribution in [3.05, 3.63) is 107 Å². The van der Waals surface area contributed by atoms with Crippen LogP contribution in [-0.4, -0.2) is 33.8 Å². The Morgan fingerprint density at radius 2 is 1.71 bits per heavy atom. The molecule has 6 aromatic rings. The first-order chi connectivity index (χ1) is 18.6. The Hall–Kier alpha value is -4.62. The molecule has 1 aliphatic heterocycles. The van der Waals surface area contributed by atoms with Gasteiger partial charge in [-0.15, -0.1) is 5.10 Å². The van der Waals surface area contributed by atoms with Gasteiger partial charge >= 0.3 is 0 Å². The molecule has 38 heavy (non-hydrogen) atoms. The van der Waals surface area contributed by atoms with Gasteiger partial charge in [0, 0.05) is 27.5 Å². The molecule has 2 aromatic heterocycles. The first-order valence-electron chi connectivity index (χ1n) is 12.1. The van der Waals surface area contributed by atoms with Gasteiger partial charge in [-0.05, 0) is 47.3 Å². The minimum Gasteiger partial charge on any atom is -0.493 e. The lowest BCUT2D eigenvalue weighted by Crippen LogP contribution is -2.15. The van der Waals surface area contributed by atoms with Gasteiger partial charge in [-0.2, -0.15) is 0 Å². The lowest BCUT2D eigenvalue weighted by molar-refractivity contribution is 0.354. The predicted octanol–water partition coefficient (Wildman–Crippen LogP) is 6.90. The van der Waals surface area contributed by atoms with Gasteiger partial charge in [0.1, 0.15) is 12.1 Å². The van der Waals surface area contributed by atoms with E-state index in [9.17, 15) is 0 Å². The molecule has 7 rings (SSSR count). The third kappa shape index (κ3) is 3.47. The van der Waals surface area contributed by atoms with Crippen molar-refractivity contribution in [2.45, 2.75) is 5.92 Å². The first-order valence-corrected chi connectivity index (χ1v) is 12.4. The molecule has 8 heteroatoms. The fraction of sp³-hybridized carbons (Fsp3) is 0.100. The molecular formula is C30H21ClN4O3. The average Bonchev–Trinajstić information content (AvgIpc) is 3.40. The Labute approximate surface area is 223 Å². The number of halogens is 1. The monoisotopic (exact) mass is 520 g/mol. The van der Waals surface area contributed by atoms with E-state index in [0.29, 0.717) is 33.9 Å². The molecule has 1 atom stereocenters. The minimum atomic E-state index is -0.239. The molecule has 0 saturated heterocycles. The van der Waals surface area contributed by atoms with Gasteiger partial charge in [-0.3, -0.25) is 0 Å². The molecule has 0 aliphatic carbocycles. The maximum Gasteiger partial charge on any atom is 0.228 e. The fourth-order valence-electron chi connectivity index (χ4n) is 5.15. The highest BCUT2D eigenvalue weighted by atomic mass is 35.5. The number of rotatable bonds is 4. The summed E-state index contributed by atoms with van der Waals surface area (Å²) in [7, 11) is 3.27. The third-order valence-corrected chi connectivity index (χ3v) is 7.19. The number of ether oxygens (including phenoxy) is 3. The topological polar surface area (TPSA) is 70.8 Å². The van der Waals surface area contributed by atoms with Crippen LogP contribution < -0.4 is 14.2 Å². The van der Waals surface area contributed by atoms with Crippen LogP contribution in [-0.2, 0) is 0 Å². The Morgan fingerprint density at radius 1 is 0.895 bits per heavy atom. The summed E-state index contributed by atoms with van der Waals surface area (Å²) in [5, 5.41) is 7.48. The highest BCUT2D eigenvalue weighted by Gasteiger charge is 2.34. The van der Waals surface area contributed by atoms with Crippen molar-refractivity contribution in [2.75, 3.05) is 14.2 Å². The SMILES string of the molecule is COc1ccc([C@@H]2c3ccc4ccccc4c3Oc3ncn4nc(-c5ccc(Cl)cc5)nc4c32)cc1OC. The minimum absolute atomic E-state index is 0.239. The molecule has 4 aromatic carbocycles. The second-order valence-electron chi connectivity index (χ2n) is 9.03. The summed E-state index contributed by atoms with van der Waals surface area (Å²) < 4.78 is 19.4. The van der Waals surface area contributed by atoms with Crippen molar-refractivity contribution >= 4 is 28.0 Å². The largest absolute Gasteiger partial charge is 0.493 e. The van der Waals surface area contributed by atoms with Crippen LogP contribution in [0.3, 0.4) is 0 Å². The van der Waals surface area contributed by atoms with E-state index in [1.807, 2.05) is 54.6 Å². The van der Waals surface area contributed by atoms with E-state index < -0.39 is 0 Å². The molecule has 0 radical (unpaired) electrons. The summed E-state index contributed by atoms with van der Waals surface area (Å²) in [6.07, 6.45) is 1.64. The Bertz CT molecular complexity index is 1850. The van der Waals surface area contributed by atoms with Gasteiger partial charge in [0.25, 0.3) is 0 Å². The summed E-state index contributed by atoms with van der Waals surface area (Å²) in [5.41, 5.74) is 4.36. The van der Waals surface area contributed by atoms with Crippen molar-refractivity contribution in [3.63, 3.8) is 0 Å². The molecule has 1 aliphatic rings. The number of hydrogen-bond acceptors (Lipinski definition) is 6. The van der Waals surface area contributed by atoms with Crippen LogP contribution in [0.5, 0.6) is 23.1 Å². The highest BCUT2D eigenvalue weighted by Crippen LogP contribution is 2.51. The molecule has 0 spiro atoms. The molecule has 0 N–H and O–H groups in total. The third-order valence-electron chi connectivity index (χ3n) is 6.94. The van der Waals surface area contributed by atoms with Crippen LogP contribution >= 0.6 is 11.6 Å². The molecular weight excluding hydrogens is 500 g/mol. The second kappa shape index (κ2) is 8.75. The van der Waals surface area contributed by atoms with Gasteiger partial charge < -0.3 is 14.2 Å². The van der Waals surface area contributed by atoms with Crippen LogP contribution in [0, 0.1) is 0 Å². The van der Waals surface area contributed by atoms with Crippen molar-refractivity contribution in [1.29, 1.82) is 0 Å². The average molecular weight is 521 g/mol. The zero-order valence-corrected chi connectivity index (χ0v) is 21.3. The van der Waals surface area contributed by atoms with Crippen LogP contribution in [0.25, 0.3) is 27.8 Å². The van der Waals surface area contributed by atoms with Gasteiger partial charge in [0.05, 0.1) is 19.8 Å². The number of methoxy groups -OCH3 is 2. The number of fused-ring (bicyclic) bond motifs is 6. The van der Waals surface area contributed by atoms with Crippen LogP contribution in [0.2, 0.25) is 5.02 Å². The standard InChI is InChI=1S/C30H21ClN4O3/c1-36-23-14-10-19(15-24(23)37-2)25-22-13-9-17-5-3-4-6-21(17)27(22)38-30-26(25)29-33-28(34-35(29)16-32-30)18-7-11-20(31)12-8-18/h3-16,25H,1-2H3/t25-/m1/s1. The quantitative estimate of drug-likeness (QED) is 0.251. The second-order valence-corrected chi connectivity index (χ2v) is 9.46. The lowest BCUT2D eigenvalue weighted by Gasteiger charge is -2.29. The summed E-state index contributed by atoms with van der Waals surface area (Å²) in [6.45, 7) is 0. The smallest absolute Gasteiger partial charge is 0.228 e. The summed E-state index contributed by atoms with van der Waals surface area (Å²) >= 11 is 6.10. The molecule has 3 heterocycles. The van der Waals surface area contributed by atoms with Crippen LogP contribution in [0.15, 0.2) is 85.2 Å². The molecule has 0 saturated carbocycles. The number of nitrogens with zero attached hydrogens (tertiary/aromatic N) is 4. The van der Waals surface area contributed by atoms with E-state index >= 15 is 0 Å². The van der Waals surface area contributed by atoms with E-state index in [0.717, 1.165) is 38.8 Å². The van der Waals surface area contributed by atoms with Crippen molar-refractivity contribution in [3.8, 4) is 34.5 Å². The molecule has 7 nitrogen and oxygen atoms in total. The fourth-order valence-corrected chi connectivity index (χ4v) is 5.27. The Balaban J connectivity index is 1.50. The molecule has 0 bridgehead atoms. The molecule has 0 amide bonds. The van der Waals surface area contributed by atoms with Gasteiger partial charge in [-0.1, -0.05) is 54.1 Å².